The van der Waals surface area contributed by atoms with Gasteiger partial charge in [0.25, 0.3) is 0 Å². The van der Waals surface area contributed by atoms with E-state index < -0.39 is 8.32 Å². The number of ether oxygens (including phenoxy) is 3. The van der Waals surface area contributed by atoms with Crippen LogP contribution in [-0.4, -0.2) is 58.3 Å². The van der Waals surface area contributed by atoms with E-state index >= 15 is 0 Å². The molecule has 0 aromatic heterocycles. The molecule has 0 aromatic carbocycles. The molecule has 7 heteroatoms. The lowest BCUT2D eigenvalue weighted by Crippen LogP contribution is -2.63. The molecule has 0 saturated heterocycles. The number of carbonyl (C=O) groups excluding carboxylic acids is 1. The average molecular weight is 674 g/mol. The van der Waals surface area contributed by atoms with Gasteiger partial charge in [-0.15, -0.1) is 0 Å². The number of methoxy groups -OCH3 is 1. The number of rotatable bonds is 10. The van der Waals surface area contributed by atoms with Gasteiger partial charge in [0.2, 0.25) is 8.32 Å². The van der Waals surface area contributed by atoms with Crippen LogP contribution in [-0.2, 0) is 23.4 Å². The fourth-order valence-corrected chi connectivity index (χ4v) is 19.2. The Balaban J connectivity index is 1.99. The number of hydrogen-bond donors (Lipinski definition) is 0. The summed E-state index contributed by atoms with van der Waals surface area (Å²) in [4.78, 5) is 13.4. The summed E-state index contributed by atoms with van der Waals surface area (Å²) in [6.07, 6.45) is 13.1. The minimum Gasteiger partial charge on any atom is -0.469 e. The number of alkyl halides is 1. The van der Waals surface area contributed by atoms with E-state index in [2.05, 4.69) is 78.2 Å². The summed E-state index contributed by atoms with van der Waals surface area (Å²) >= 11 is 4.02. The highest BCUT2D eigenvalue weighted by molar-refractivity contribution is 9.09. The van der Waals surface area contributed by atoms with Gasteiger partial charge >= 0.3 is 5.97 Å². The molecule has 3 aliphatic carbocycles. The predicted octanol–water partition coefficient (Wildman–Crippen LogP) is 9.85. The third-order valence-electron chi connectivity index (χ3n) is 10.7. The van der Waals surface area contributed by atoms with Crippen molar-refractivity contribution in [2.45, 2.75) is 165 Å². The van der Waals surface area contributed by atoms with Crippen LogP contribution < -0.4 is 0 Å². The molecule has 3 aliphatic rings. The first-order valence-corrected chi connectivity index (χ1v) is 19.9. The molecule has 5 nitrogen and oxygen atoms in total. The highest BCUT2D eigenvalue weighted by Gasteiger charge is 2.63. The molecular formula is C35H65BrO5Si. The van der Waals surface area contributed by atoms with Gasteiger partial charge in [-0.25, -0.2) is 0 Å². The summed E-state index contributed by atoms with van der Waals surface area (Å²) in [5, 5.41) is 0.0138. The van der Waals surface area contributed by atoms with E-state index in [9.17, 15) is 4.79 Å². The fraction of sp³-hybridized carbons (Fsp3) is 0.971. The molecule has 5 atom stereocenters. The van der Waals surface area contributed by atoms with Crippen LogP contribution in [0.5, 0.6) is 0 Å². The normalized spacial score (nSPS) is 29.5. The second kappa shape index (κ2) is 15.1. The molecule has 0 bridgehead atoms. The lowest BCUT2D eigenvalue weighted by atomic mass is 9.76. The van der Waals surface area contributed by atoms with Gasteiger partial charge in [-0.05, 0) is 59.1 Å². The van der Waals surface area contributed by atoms with E-state index in [1.165, 1.54) is 71.3 Å². The van der Waals surface area contributed by atoms with Crippen molar-refractivity contribution < 1.29 is 23.4 Å². The zero-order chi connectivity index (χ0) is 31.3. The summed E-state index contributed by atoms with van der Waals surface area (Å²) < 4.78 is 26.7. The van der Waals surface area contributed by atoms with Gasteiger partial charge in [0.15, 0.2) is 0 Å². The maximum absolute atomic E-state index is 13.3. The third-order valence-corrected chi connectivity index (χ3v) is 18.6. The Bertz CT molecular complexity index is 796. The Morgan fingerprint density at radius 3 is 1.52 bits per heavy atom. The van der Waals surface area contributed by atoms with Crippen molar-refractivity contribution in [1.82, 2.24) is 0 Å². The molecule has 0 spiro atoms. The van der Waals surface area contributed by atoms with Crippen molar-refractivity contribution in [3.63, 3.8) is 0 Å². The van der Waals surface area contributed by atoms with Crippen molar-refractivity contribution >= 4 is 30.2 Å². The van der Waals surface area contributed by atoms with Gasteiger partial charge in [0.1, 0.15) is 0 Å². The zero-order valence-electron chi connectivity index (χ0n) is 28.9. The monoisotopic (exact) mass is 672 g/mol. The molecule has 3 saturated carbocycles. The average Bonchev–Trinajstić information content (AvgIpc) is 2.90. The van der Waals surface area contributed by atoms with Crippen molar-refractivity contribution in [3.05, 3.63) is 0 Å². The van der Waals surface area contributed by atoms with Gasteiger partial charge in [-0.2, -0.15) is 0 Å². The van der Waals surface area contributed by atoms with E-state index in [-0.39, 0.29) is 50.0 Å². The first-order chi connectivity index (χ1) is 19.5. The maximum atomic E-state index is 13.3. The number of carbonyl (C=O) groups is 1. The first-order valence-electron chi connectivity index (χ1n) is 17.1. The van der Waals surface area contributed by atoms with Gasteiger partial charge < -0.3 is 18.6 Å². The quantitative estimate of drug-likeness (QED) is 0.131. The third kappa shape index (κ3) is 8.44. The fourth-order valence-electron chi connectivity index (χ4n) is 9.75. The lowest BCUT2D eigenvalue weighted by Gasteiger charge is -2.58. The van der Waals surface area contributed by atoms with Crippen LogP contribution in [0.1, 0.15) is 133 Å². The Morgan fingerprint density at radius 1 is 0.690 bits per heavy atom. The number of hydrogen-bond acceptors (Lipinski definition) is 5. The Hall–Kier alpha value is 0.0469. The Kier molecular flexibility index (Phi) is 13.1. The minimum absolute atomic E-state index is 0.00459. The topological polar surface area (TPSA) is 54.0 Å². The predicted molar refractivity (Wildman–Crippen MR) is 180 cm³/mol. The van der Waals surface area contributed by atoms with E-state index in [0.717, 1.165) is 6.61 Å². The van der Waals surface area contributed by atoms with Crippen LogP contribution in [0.4, 0.5) is 0 Å². The van der Waals surface area contributed by atoms with Crippen LogP contribution in [0.3, 0.4) is 0 Å². The second-order valence-corrected chi connectivity index (χ2v) is 24.2. The number of esters is 1. The van der Waals surface area contributed by atoms with Crippen molar-refractivity contribution in [2.24, 2.45) is 23.7 Å². The van der Waals surface area contributed by atoms with Crippen LogP contribution in [0, 0.1) is 23.7 Å². The van der Waals surface area contributed by atoms with E-state index in [1.54, 1.807) is 0 Å². The SMILES string of the molecule is COC(=O)C1CC(Br)C(OCC2CCCCC2)C(CO[Si](C(C)(C)C)(C(C)(C)C)C(C)(C)C)C1OCC1CCCCC1. The highest BCUT2D eigenvalue weighted by Crippen LogP contribution is 2.62. The molecule has 0 amide bonds. The minimum atomic E-state index is -2.48. The molecule has 0 aromatic rings. The highest BCUT2D eigenvalue weighted by atomic mass is 79.9. The smallest absolute Gasteiger partial charge is 0.311 e. The molecule has 42 heavy (non-hydrogen) atoms. The molecule has 0 aliphatic heterocycles. The second-order valence-electron chi connectivity index (χ2n) is 16.9. The molecule has 0 N–H and O–H groups in total. The van der Waals surface area contributed by atoms with Crippen LogP contribution in [0.25, 0.3) is 0 Å². The molecule has 0 heterocycles. The summed E-state index contributed by atoms with van der Waals surface area (Å²) in [7, 11) is -0.964. The summed E-state index contributed by atoms with van der Waals surface area (Å²) in [6.45, 7) is 23.4. The lowest BCUT2D eigenvalue weighted by molar-refractivity contribution is -0.170. The molecule has 3 rings (SSSR count). The Labute approximate surface area is 268 Å². The molecular weight excluding hydrogens is 608 g/mol. The van der Waals surface area contributed by atoms with Crippen LogP contribution in [0.2, 0.25) is 15.1 Å². The number of halogens is 1. The van der Waals surface area contributed by atoms with Crippen molar-refractivity contribution in [1.29, 1.82) is 0 Å². The molecule has 3 fully saturated rings. The molecule has 0 radical (unpaired) electrons. The summed E-state index contributed by atoms with van der Waals surface area (Å²) in [5.74, 6) is 0.621. The standard InChI is InChI=1S/C35H65BrO5Si/c1-33(2,3)42(34(4,5)6,35(7,8)9)41-24-28-30(39-22-25-17-13-11-14-18-25)27(32(37)38-10)21-29(36)31(28)40-23-26-19-15-12-16-20-26/h25-31H,11-24H2,1-10H3. The van der Waals surface area contributed by atoms with Crippen LogP contribution >= 0.6 is 15.9 Å². The largest absolute Gasteiger partial charge is 0.469 e. The van der Waals surface area contributed by atoms with Crippen molar-refractivity contribution in [3.8, 4) is 0 Å². The van der Waals surface area contributed by atoms with Gasteiger partial charge in [0.05, 0.1) is 25.2 Å². The van der Waals surface area contributed by atoms with Gasteiger partial charge in [-0.1, -0.05) is 117 Å². The maximum Gasteiger partial charge on any atom is 0.311 e. The van der Waals surface area contributed by atoms with E-state index in [0.29, 0.717) is 31.5 Å². The first kappa shape index (κ1) is 36.5. The zero-order valence-corrected chi connectivity index (χ0v) is 31.4. The summed E-state index contributed by atoms with van der Waals surface area (Å²) in [6, 6.07) is 0. The van der Waals surface area contributed by atoms with Gasteiger partial charge in [-0.3, -0.25) is 4.79 Å². The molecule has 246 valence electrons. The van der Waals surface area contributed by atoms with E-state index in [4.69, 9.17) is 18.6 Å². The van der Waals surface area contributed by atoms with Gasteiger partial charge in [0, 0.05) is 30.6 Å². The Morgan fingerprint density at radius 2 is 1.12 bits per heavy atom. The van der Waals surface area contributed by atoms with Crippen LogP contribution in [0.15, 0.2) is 0 Å². The van der Waals surface area contributed by atoms with Crippen molar-refractivity contribution in [2.75, 3.05) is 26.9 Å². The summed E-state index contributed by atoms with van der Waals surface area (Å²) in [5.41, 5.74) is 0. The molecule has 5 unspecified atom stereocenters. The van der Waals surface area contributed by atoms with E-state index in [1.807, 2.05) is 0 Å².